The molecule has 1 unspecified atom stereocenters. The van der Waals surface area contributed by atoms with E-state index in [1.807, 2.05) is 30.3 Å². The van der Waals surface area contributed by atoms with Crippen LogP contribution in [-0.2, 0) is 21.4 Å². The second kappa shape index (κ2) is 9.49. The number of benzene rings is 2. The quantitative estimate of drug-likeness (QED) is 0.673. The molecule has 7 nitrogen and oxygen atoms in total. The second-order valence-corrected chi connectivity index (χ2v) is 9.34. The van der Waals surface area contributed by atoms with Crippen LogP contribution in [-0.4, -0.2) is 57.9 Å². The molecule has 162 valence electrons. The van der Waals surface area contributed by atoms with Crippen molar-refractivity contribution in [2.45, 2.75) is 24.3 Å². The molecular formula is C22H28N2O5S. The maximum absolute atomic E-state index is 13.2. The Morgan fingerprint density at radius 3 is 2.47 bits per heavy atom. The minimum atomic E-state index is -3.74. The fourth-order valence-electron chi connectivity index (χ4n) is 3.74. The molecule has 0 bridgehead atoms. The summed E-state index contributed by atoms with van der Waals surface area (Å²) in [5, 5.41) is 0. The van der Waals surface area contributed by atoms with Gasteiger partial charge in [0.2, 0.25) is 15.9 Å². The first-order chi connectivity index (χ1) is 14.4. The lowest BCUT2D eigenvalue weighted by Crippen LogP contribution is -2.45. The van der Waals surface area contributed by atoms with Crippen molar-refractivity contribution in [1.29, 1.82) is 0 Å². The molecule has 0 saturated carbocycles. The number of sulfonamides is 1. The van der Waals surface area contributed by atoms with E-state index in [0.717, 1.165) is 5.56 Å². The zero-order valence-electron chi connectivity index (χ0n) is 17.6. The number of carbonyl (C=O) groups is 1. The maximum Gasteiger partial charge on any atom is 0.243 e. The standard InChI is InChI=1S/C22H28N2O5S/c1-23(15-17-8-5-4-6-9-17)22(25)18-10-7-13-24(16-18)30(26,27)19-11-12-20(28-2)21(14-19)29-3/h4-6,8-9,11-12,14,18H,7,10,13,15-16H2,1-3H3. The molecule has 0 aromatic heterocycles. The highest BCUT2D eigenvalue weighted by molar-refractivity contribution is 7.89. The molecule has 1 amide bonds. The van der Waals surface area contributed by atoms with Crippen molar-refractivity contribution in [2.75, 3.05) is 34.4 Å². The van der Waals surface area contributed by atoms with Crippen LogP contribution < -0.4 is 9.47 Å². The van der Waals surface area contributed by atoms with E-state index in [1.165, 1.54) is 30.7 Å². The van der Waals surface area contributed by atoms with Crippen LogP contribution in [0.4, 0.5) is 0 Å². The fraction of sp³-hybridized carbons (Fsp3) is 0.409. The van der Waals surface area contributed by atoms with Gasteiger partial charge in [-0.3, -0.25) is 4.79 Å². The molecule has 1 aliphatic heterocycles. The fourth-order valence-corrected chi connectivity index (χ4v) is 5.28. The molecule has 0 spiro atoms. The van der Waals surface area contributed by atoms with E-state index < -0.39 is 10.0 Å². The van der Waals surface area contributed by atoms with Gasteiger partial charge >= 0.3 is 0 Å². The van der Waals surface area contributed by atoms with Crippen molar-refractivity contribution in [2.24, 2.45) is 5.92 Å². The molecule has 1 heterocycles. The molecule has 1 aliphatic rings. The summed E-state index contributed by atoms with van der Waals surface area (Å²) in [7, 11) is 0.981. The lowest BCUT2D eigenvalue weighted by atomic mass is 9.98. The number of ether oxygens (including phenoxy) is 2. The van der Waals surface area contributed by atoms with Crippen LogP contribution in [0.2, 0.25) is 0 Å². The minimum absolute atomic E-state index is 0.0361. The second-order valence-electron chi connectivity index (χ2n) is 7.40. The Labute approximate surface area is 178 Å². The summed E-state index contributed by atoms with van der Waals surface area (Å²) < 4.78 is 38.2. The Kier molecular flexibility index (Phi) is 6.99. The Balaban J connectivity index is 1.74. The number of amides is 1. The van der Waals surface area contributed by atoms with E-state index in [9.17, 15) is 13.2 Å². The van der Waals surface area contributed by atoms with Crippen LogP contribution in [0.15, 0.2) is 53.4 Å². The van der Waals surface area contributed by atoms with Gasteiger partial charge in [-0.2, -0.15) is 4.31 Å². The minimum Gasteiger partial charge on any atom is -0.493 e. The average Bonchev–Trinajstić information content (AvgIpc) is 2.78. The summed E-state index contributed by atoms with van der Waals surface area (Å²) >= 11 is 0. The van der Waals surface area contributed by atoms with E-state index in [0.29, 0.717) is 37.4 Å². The number of methoxy groups -OCH3 is 2. The van der Waals surface area contributed by atoms with E-state index in [1.54, 1.807) is 18.0 Å². The smallest absolute Gasteiger partial charge is 0.243 e. The highest BCUT2D eigenvalue weighted by Crippen LogP contribution is 2.32. The first-order valence-electron chi connectivity index (χ1n) is 9.88. The molecule has 30 heavy (non-hydrogen) atoms. The van der Waals surface area contributed by atoms with Crippen LogP contribution in [0.25, 0.3) is 0 Å². The first-order valence-corrected chi connectivity index (χ1v) is 11.3. The molecule has 1 saturated heterocycles. The first kappa shape index (κ1) is 22.1. The highest BCUT2D eigenvalue weighted by Gasteiger charge is 2.34. The lowest BCUT2D eigenvalue weighted by Gasteiger charge is -2.33. The molecule has 1 atom stereocenters. The van der Waals surface area contributed by atoms with Crippen LogP contribution in [0.3, 0.4) is 0 Å². The molecule has 8 heteroatoms. The summed E-state index contributed by atoms with van der Waals surface area (Å²) in [5.41, 5.74) is 1.04. The van der Waals surface area contributed by atoms with Gasteiger partial charge in [0.05, 0.1) is 25.0 Å². The van der Waals surface area contributed by atoms with E-state index in [-0.39, 0.29) is 23.3 Å². The summed E-state index contributed by atoms with van der Waals surface area (Å²) in [4.78, 5) is 14.8. The van der Waals surface area contributed by atoms with Crippen LogP contribution in [0.1, 0.15) is 18.4 Å². The van der Waals surface area contributed by atoms with Gasteiger partial charge in [-0.15, -0.1) is 0 Å². The Morgan fingerprint density at radius 2 is 1.80 bits per heavy atom. The number of nitrogens with zero attached hydrogens (tertiary/aromatic N) is 2. The van der Waals surface area contributed by atoms with Crippen molar-refractivity contribution in [3.63, 3.8) is 0 Å². The van der Waals surface area contributed by atoms with Crippen LogP contribution >= 0.6 is 0 Å². The molecular weight excluding hydrogens is 404 g/mol. The van der Waals surface area contributed by atoms with Gasteiger partial charge in [-0.25, -0.2) is 8.42 Å². The lowest BCUT2D eigenvalue weighted by molar-refractivity contribution is -0.135. The van der Waals surface area contributed by atoms with Gasteiger partial charge in [-0.1, -0.05) is 30.3 Å². The predicted molar refractivity (Wildman–Crippen MR) is 114 cm³/mol. The third-order valence-corrected chi connectivity index (χ3v) is 7.23. The molecule has 1 fully saturated rings. The summed E-state index contributed by atoms with van der Waals surface area (Å²) in [6, 6.07) is 14.3. The maximum atomic E-state index is 13.2. The number of hydrogen-bond donors (Lipinski definition) is 0. The topological polar surface area (TPSA) is 76.2 Å². The Bertz CT molecular complexity index is 978. The van der Waals surface area contributed by atoms with E-state index in [2.05, 4.69) is 0 Å². The number of piperidine rings is 1. The Hall–Kier alpha value is -2.58. The monoisotopic (exact) mass is 432 g/mol. The number of rotatable bonds is 7. The zero-order chi connectivity index (χ0) is 21.7. The van der Waals surface area contributed by atoms with Crippen molar-refractivity contribution < 1.29 is 22.7 Å². The van der Waals surface area contributed by atoms with Gasteiger partial charge < -0.3 is 14.4 Å². The van der Waals surface area contributed by atoms with Crippen molar-refractivity contribution in [3.05, 3.63) is 54.1 Å². The van der Waals surface area contributed by atoms with Crippen LogP contribution in [0.5, 0.6) is 11.5 Å². The summed E-state index contributed by atoms with van der Waals surface area (Å²) in [6.07, 6.45) is 1.32. The normalized spacial score (nSPS) is 17.4. The van der Waals surface area contributed by atoms with Gasteiger partial charge in [-0.05, 0) is 30.5 Å². The van der Waals surface area contributed by atoms with Crippen molar-refractivity contribution in [1.82, 2.24) is 9.21 Å². The zero-order valence-corrected chi connectivity index (χ0v) is 18.4. The van der Waals surface area contributed by atoms with Crippen molar-refractivity contribution in [3.8, 4) is 11.5 Å². The molecule has 2 aromatic rings. The van der Waals surface area contributed by atoms with Gasteiger partial charge in [0.15, 0.2) is 11.5 Å². The molecule has 3 rings (SSSR count). The number of hydrogen-bond acceptors (Lipinski definition) is 5. The molecule has 0 aliphatic carbocycles. The van der Waals surface area contributed by atoms with Crippen molar-refractivity contribution >= 4 is 15.9 Å². The van der Waals surface area contributed by atoms with Crippen LogP contribution in [0, 0.1) is 5.92 Å². The third kappa shape index (κ3) is 4.76. The van der Waals surface area contributed by atoms with E-state index >= 15 is 0 Å². The largest absolute Gasteiger partial charge is 0.493 e. The van der Waals surface area contributed by atoms with Gasteiger partial charge in [0, 0.05) is 32.7 Å². The Morgan fingerprint density at radius 1 is 1.10 bits per heavy atom. The number of carbonyl (C=O) groups excluding carboxylic acids is 1. The molecule has 2 aromatic carbocycles. The summed E-state index contributed by atoms with van der Waals surface area (Å²) in [5.74, 6) is 0.421. The third-order valence-electron chi connectivity index (χ3n) is 5.36. The SMILES string of the molecule is COc1ccc(S(=O)(=O)N2CCCC(C(=O)N(C)Cc3ccccc3)C2)cc1OC. The molecule has 0 radical (unpaired) electrons. The molecule has 0 N–H and O–H groups in total. The van der Waals surface area contributed by atoms with Gasteiger partial charge in [0.1, 0.15) is 0 Å². The van der Waals surface area contributed by atoms with Gasteiger partial charge in [0.25, 0.3) is 0 Å². The summed E-state index contributed by atoms with van der Waals surface area (Å²) in [6.45, 7) is 1.07. The predicted octanol–water partition coefficient (Wildman–Crippen LogP) is 2.76. The highest BCUT2D eigenvalue weighted by atomic mass is 32.2. The van der Waals surface area contributed by atoms with E-state index in [4.69, 9.17) is 9.47 Å². The average molecular weight is 433 g/mol.